The van der Waals surface area contributed by atoms with E-state index in [1.54, 1.807) is 0 Å². The molecule has 140 valence electrons. The molecule has 0 aliphatic carbocycles. The highest BCUT2D eigenvalue weighted by Crippen LogP contribution is 2.21. The van der Waals surface area contributed by atoms with Gasteiger partial charge in [-0.3, -0.25) is 9.88 Å². The molecule has 1 aliphatic rings. The van der Waals surface area contributed by atoms with Crippen LogP contribution in [0, 0.1) is 6.92 Å². The highest BCUT2D eigenvalue weighted by atomic mass is 16.5. The Hall–Kier alpha value is -2.25. The van der Waals surface area contributed by atoms with Crippen LogP contribution in [0.15, 0.2) is 24.5 Å². The molecular formula is C19H28N6O. The minimum Gasteiger partial charge on any atom is -0.489 e. The Balaban J connectivity index is 1.55. The quantitative estimate of drug-likeness (QED) is 0.811. The summed E-state index contributed by atoms with van der Waals surface area (Å²) in [5.41, 5.74) is 8.02. The van der Waals surface area contributed by atoms with Crippen LogP contribution in [0.25, 0.3) is 0 Å². The first kappa shape index (κ1) is 18.5. The van der Waals surface area contributed by atoms with Gasteiger partial charge in [-0.15, -0.1) is 0 Å². The third kappa shape index (κ3) is 4.89. The number of hydrogen-bond donors (Lipinski definition) is 1. The van der Waals surface area contributed by atoms with E-state index in [1.165, 1.54) is 0 Å². The van der Waals surface area contributed by atoms with Gasteiger partial charge < -0.3 is 15.4 Å². The lowest BCUT2D eigenvalue weighted by Crippen LogP contribution is -2.25. The molecular weight excluding hydrogens is 328 g/mol. The molecule has 3 rings (SSSR count). The van der Waals surface area contributed by atoms with Gasteiger partial charge in [-0.05, 0) is 33.0 Å². The number of anilines is 1. The summed E-state index contributed by atoms with van der Waals surface area (Å²) in [7, 11) is 2.09. The maximum atomic E-state index is 6.19. The fourth-order valence-corrected chi connectivity index (χ4v) is 3.11. The van der Waals surface area contributed by atoms with E-state index in [4.69, 9.17) is 10.5 Å². The van der Waals surface area contributed by atoms with Gasteiger partial charge in [0.2, 0.25) is 0 Å². The van der Waals surface area contributed by atoms with Gasteiger partial charge >= 0.3 is 0 Å². The number of aryl methyl sites for hydroxylation is 1. The smallest absolute Gasteiger partial charge is 0.131 e. The summed E-state index contributed by atoms with van der Waals surface area (Å²) < 4.78 is 6.19. The molecule has 1 saturated heterocycles. The van der Waals surface area contributed by atoms with Crippen LogP contribution in [-0.4, -0.2) is 57.5 Å². The number of nitrogens with two attached hydrogens (primary N) is 1. The zero-order valence-corrected chi connectivity index (χ0v) is 15.9. The fraction of sp³-hybridized carbons (Fsp3) is 0.526. The Morgan fingerprint density at radius 3 is 3.00 bits per heavy atom. The zero-order chi connectivity index (χ0) is 18.5. The van der Waals surface area contributed by atoms with Gasteiger partial charge in [0.15, 0.2) is 0 Å². The van der Waals surface area contributed by atoms with E-state index >= 15 is 0 Å². The van der Waals surface area contributed by atoms with Crippen LogP contribution in [0.4, 0.5) is 5.82 Å². The van der Waals surface area contributed by atoms with E-state index < -0.39 is 0 Å². The number of hydrogen-bond acceptors (Lipinski definition) is 7. The molecule has 7 nitrogen and oxygen atoms in total. The second-order valence-corrected chi connectivity index (χ2v) is 6.90. The number of likely N-dealkylation sites (tertiary alicyclic amines) is 1. The molecule has 0 aromatic carbocycles. The molecule has 0 saturated carbocycles. The van der Waals surface area contributed by atoms with Crippen molar-refractivity contribution in [2.24, 2.45) is 0 Å². The SMILES string of the molecule is CCN(C)Cc1cc(OC2CCN(Cc3cnc(C)nc3N)C2)ccn1. The molecule has 2 aromatic heterocycles. The van der Waals surface area contributed by atoms with Crippen molar-refractivity contribution in [1.29, 1.82) is 0 Å². The number of nitrogens with zero attached hydrogens (tertiary/aromatic N) is 5. The molecule has 1 atom stereocenters. The van der Waals surface area contributed by atoms with Gasteiger partial charge in [0.25, 0.3) is 0 Å². The Morgan fingerprint density at radius 2 is 2.23 bits per heavy atom. The van der Waals surface area contributed by atoms with Gasteiger partial charge in [-0.25, -0.2) is 9.97 Å². The summed E-state index contributed by atoms with van der Waals surface area (Å²) in [6, 6.07) is 3.98. The molecule has 3 heterocycles. The molecule has 1 aliphatic heterocycles. The van der Waals surface area contributed by atoms with Crippen LogP contribution in [0.2, 0.25) is 0 Å². The maximum absolute atomic E-state index is 6.19. The molecule has 0 bridgehead atoms. The van der Waals surface area contributed by atoms with E-state index in [9.17, 15) is 0 Å². The monoisotopic (exact) mass is 356 g/mol. The molecule has 1 unspecified atom stereocenters. The molecule has 0 amide bonds. The lowest BCUT2D eigenvalue weighted by molar-refractivity contribution is 0.197. The maximum Gasteiger partial charge on any atom is 0.131 e. The number of aromatic nitrogens is 3. The first-order valence-electron chi connectivity index (χ1n) is 9.14. The molecule has 1 fully saturated rings. The first-order valence-corrected chi connectivity index (χ1v) is 9.14. The Labute approximate surface area is 155 Å². The van der Waals surface area contributed by atoms with Gasteiger partial charge in [-0.2, -0.15) is 0 Å². The summed E-state index contributed by atoms with van der Waals surface area (Å²) in [6.07, 6.45) is 4.83. The molecule has 2 N–H and O–H groups in total. The van der Waals surface area contributed by atoms with Crippen molar-refractivity contribution in [3.8, 4) is 5.75 Å². The van der Waals surface area contributed by atoms with Crippen molar-refractivity contribution in [2.75, 3.05) is 32.4 Å². The zero-order valence-electron chi connectivity index (χ0n) is 15.9. The number of nitrogen functional groups attached to an aromatic ring is 1. The summed E-state index contributed by atoms with van der Waals surface area (Å²) in [4.78, 5) is 17.5. The summed E-state index contributed by atoms with van der Waals surface area (Å²) in [5.74, 6) is 2.17. The average Bonchev–Trinajstić information content (AvgIpc) is 3.04. The van der Waals surface area contributed by atoms with Crippen LogP contribution < -0.4 is 10.5 Å². The third-order valence-electron chi connectivity index (χ3n) is 4.70. The van der Waals surface area contributed by atoms with Crippen LogP contribution >= 0.6 is 0 Å². The van der Waals surface area contributed by atoms with Crippen LogP contribution in [-0.2, 0) is 13.1 Å². The van der Waals surface area contributed by atoms with Gasteiger partial charge in [-0.1, -0.05) is 6.92 Å². The van der Waals surface area contributed by atoms with E-state index in [-0.39, 0.29) is 6.10 Å². The molecule has 7 heteroatoms. The Bertz CT molecular complexity index is 738. The van der Waals surface area contributed by atoms with Crippen molar-refractivity contribution in [2.45, 2.75) is 39.5 Å². The largest absolute Gasteiger partial charge is 0.489 e. The van der Waals surface area contributed by atoms with Crippen LogP contribution in [0.3, 0.4) is 0 Å². The molecule has 2 aromatic rings. The second-order valence-electron chi connectivity index (χ2n) is 6.90. The van der Waals surface area contributed by atoms with Crippen molar-refractivity contribution in [3.05, 3.63) is 41.6 Å². The van der Waals surface area contributed by atoms with Crippen LogP contribution in [0.1, 0.15) is 30.4 Å². The molecule has 0 spiro atoms. The summed E-state index contributed by atoms with van der Waals surface area (Å²) in [5, 5.41) is 0. The van der Waals surface area contributed by atoms with Crippen molar-refractivity contribution in [1.82, 2.24) is 24.8 Å². The summed E-state index contributed by atoms with van der Waals surface area (Å²) >= 11 is 0. The fourth-order valence-electron chi connectivity index (χ4n) is 3.11. The number of ether oxygens (including phenoxy) is 1. The predicted molar refractivity (Wildman–Crippen MR) is 102 cm³/mol. The normalized spacial score (nSPS) is 17.8. The number of rotatable bonds is 7. The molecule has 0 radical (unpaired) electrons. The van der Waals surface area contributed by atoms with E-state index in [0.717, 1.165) is 56.2 Å². The Morgan fingerprint density at radius 1 is 1.38 bits per heavy atom. The number of pyridine rings is 1. The van der Waals surface area contributed by atoms with Gasteiger partial charge in [0, 0.05) is 50.2 Å². The van der Waals surface area contributed by atoms with Gasteiger partial charge in [0.05, 0.1) is 5.69 Å². The standard InChI is InChI=1S/C19H28N6O/c1-4-24(3)12-16-9-17(5-7-21-16)26-18-6-8-25(13-18)11-15-10-22-14(2)23-19(15)20/h5,7,9-10,18H,4,6,8,11-13H2,1-3H3,(H2,20,22,23). The minimum atomic E-state index is 0.182. The van der Waals surface area contributed by atoms with Crippen LogP contribution in [0.5, 0.6) is 5.75 Å². The lowest BCUT2D eigenvalue weighted by Gasteiger charge is -2.18. The highest BCUT2D eigenvalue weighted by Gasteiger charge is 2.25. The minimum absolute atomic E-state index is 0.182. The van der Waals surface area contributed by atoms with E-state index in [0.29, 0.717) is 11.6 Å². The highest BCUT2D eigenvalue weighted by molar-refractivity contribution is 5.37. The first-order chi connectivity index (χ1) is 12.5. The van der Waals surface area contributed by atoms with Crippen molar-refractivity contribution in [3.63, 3.8) is 0 Å². The predicted octanol–water partition coefficient (Wildman–Crippen LogP) is 1.87. The van der Waals surface area contributed by atoms with Crippen molar-refractivity contribution < 1.29 is 4.74 Å². The lowest BCUT2D eigenvalue weighted by atomic mass is 10.3. The topological polar surface area (TPSA) is 80.4 Å². The van der Waals surface area contributed by atoms with Gasteiger partial charge in [0.1, 0.15) is 23.5 Å². The summed E-state index contributed by atoms with van der Waals surface area (Å²) in [6.45, 7) is 8.43. The third-order valence-corrected chi connectivity index (χ3v) is 4.70. The molecule has 26 heavy (non-hydrogen) atoms. The van der Waals surface area contributed by atoms with E-state index in [1.807, 2.05) is 31.5 Å². The van der Waals surface area contributed by atoms with E-state index in [2.05, 4.69) is 38.7 Å². The second kappa shape index (κ2) is 8.42. The Kier molecular flexibility index (Phi) is 6.00. The average molecular weight is 356 g/mol. The van der Waals surface area contributed by atoms with Crippen molar-refractivity contribution >= 4 is 5.82 Å².